The topological polar surface area (TPSA) is 77.4 Å². The summed E-state index contributed by atoms with van der Waals surface area (Å²) in [5.74, 6) is 0.681. The molecule has 160 valence electrons. The Morgan fingerprint density at radius 3 is 2.32 bits per heavy atom. The molecule has 1 aromatic rings. The second-order valence-electron chi connectivity index (χ2n) is 8.09. The van der Waals surface area contributed by atoms with Crippen LogP contribution in [-0.2, 0) is 14.2 Å². The standard InChI is InChI=1S/C22H36O6/c1-13(11-23)19(24)15(3)21(26-6)16(4)20-14(2)12-27-22(28-20)17-7-9-18(25-5)10-8-17/h7-10,13-16,19-24H,11-12H2,1-6H3/t13-,14+,15+,16-,19-,20+,21+,22+/m0/s1. The molecular formula is C22H36O6. The van der Waals surface area contributed by atoms with Crippen LogP contribution in [0.25, 0.3) is 0 Å². The first-order chi connectivity index (χ1) is 13.3. The Bertz CT molecular complexity index is 577. The third kappa shape index (κ3) is 5.24. The summed E-state index contributed by atoms with van der Waals surface area (Å²) >= 11 is 0. The molecule has 0 unspecified atom stereocenters. The number of ether oxygens (including phenoxy) is 4. The Balaban J connectivity index is 2.13. The quantitative estimate of drug-likeness (QED) is 0.668. The van der Waals surface area contributed by atoms with Crippen molar-refractivity contribution >= 4 is 0 Å². The van der Waals surface area contributed by atoms with Crippen LogP contribution in [0.15, 0.2) is 24.3 Å². The molecule has 28 heavy (non-hydrogen) atoms. The fourth-order valence-corrected chi connectivity index (χ4v) is 4.14. The number of aliphatic hydroxyl groups is 2. The number of rotatable bonds is 9. The first-order valence-electron chi connectivity index (χ1n) is 10.1. The molecule has 1 heterocycles. The summed E-state index contributed by atoms with van der Waals surface area (Å²) in [5.41, 5.74) is 0.945. The van der Waals surface area contributed by atoms with Crippen LogP contribution < -0.4 is 4.74 Å². The van der Waals surface area contributed by atoms with E-state index in [4.69, 9.17) is 18.9 Å². The summed E-state index contributed by atoms with van der Waals surface area (Å²) in [4.78, 5) is 0. The van der Waals surface area contributed by atoms with Crippen LogP contribution in [0.3, 0.4) is 0 Å². The molecule has 0 aromatic heterocycles. The van der Waals surface area contributed by atoms with E-state index in [1.165, 1.54) is 0 Å². The minimum atomic E-state index is -0.648. The van der Waals surface area contributed by atoms with E-state index in [0.29, 0.717) is 6.61 Å². The molecule has 2 N–H and O–H groups in total. The zero-order valence-corrected chi connectivity index (χ0v) is 17.9. The van der Waals surface area contributed by atoms with Crippen molar-refractivity contribution < 1.29 is 29.2 Å². The lowest BCUT2D eigenvalue weighted by Gasteiger charge is -2.42. The van der Waals surface area contributed by atoms with Crippen molar-refractivity contribution in [1.29, 1.82) is 0 Å². The van der Waals surface area contributed by atoms with Crippen LogP contribution in [-0.4, -0.2) is 56.0 Å². The van der Waals surface area contributed by atoms with E-state index in [1.54, 1.807) is 14.2 Å². The highest BCUT2D eigenvalue weighted by Crippen LogP contribution is 2.36. The molecule has 0 amide bonds. The zero-order valence-electron chi connectivity index (χ0n) is 17.9. The van der Waals surface area contributed by atoms with E-state index < -0.39 is 12.4 Å². The second-order valence-corrected chi connectivity index (χ2v) is 8.09. The largest absolute Gasteiger partial charge is 0.497 e. The fourth-order valence-electron chi connectivity index (χ4n) is 4.14. The number of methoxy groups -OCH3 is 2. The third-order valence-corrected chi connectivity index (χ3v) is 5.98. The van der Waals surface area contributed by atoms with Crippen LogP contribution in [0.2, 0.25) is 0 Å². The number of hydrogen-bond acceptors (Lipinski definition) is 6. The maximum absolute atomic E-state index is 10.6. The Morgan fingerprint density at radius 1 is 1.14 bits per heavy atom. The van der Waals surface area contributed by atoms with E-state index in [0.717, 1.165) is 11.3 Å². The van der Waals surface area contributed by atoms with Gasteiger partial charge in [-0.1, -0.05) is 39.8 Å². The maximum atomic E-state index is 10.6. The Kier molecular flexibility index (Phi) is 8.71. The Labute approximate surface area is 168 Å². The molecule has 1 aromatic carbocycles. The zero-order chi connectivity index (χ0) is 20.8. The van der Waals surface area contributed by atoms with Gasteiger partial charge in [-0.3, -0.25) is 0 Å². The molecule has 2 rings (SSSR count). The van der Waals surface area contributed by atoms with Gasteiger partial charge in [0.25, 0.3) is 0 Å². The maximum Gasteiger partial charge on any atom is 0.184 e. The highest BCUT2D eigenvalue weighted by atomic mass is 16.7. The van der Waals surface area contributed by atoms with E-state index in [2.05, 4.69) is 13.8 Å². The van der Waals surface area contributed by atoms with Crippen LogP contribution in [0, 0.1) is 23.7 Å². The summed E-state index contributed by atoms with van der Waals surface area (Å²) in [5, 5.41) is 19.9. The van der Waals surface area contributed by atoms with Gasteiger partial charge in [0.2, 0.25) is 0 Å². The molecule has 8 atom stereocenters. The van der Waals surface area contributed by atoms with E-state index in [9.17, 15) is 10.2 Å². The van der Waals surface area contributed by atoms with Crippen LogP contribution in [0.4, 0.5) is 0 Å². The molecule has 0 radical (unpaired) electrons. The fraction of sp³-hybridized carbons (Fsp3) is 0.727. The smallest absolute Gasteiger partial charge is 0.184 e. The average Bonchev–Trinajstić information content (AvgIpc) is 2.73. The van der Waals surface area contributed by atoms with Crippen molar-refractivity contribution in [2.75, 3.05) is 27.4 Å². The van der Waals surface area contributed by atoms with Crippen LogP contribution >= 0.6 is 0 Å². The van der Waals surface area contributed by atoms with Crippen molar-refractivity contribution in [2.24, 2.45) is 23.7 Å². The van der Waals surface area contributed by atoms with E-state index in [1.807, 2.05) is 38.1 Å². The van der Waals surface area contributed by atoms with Gasteiger partial charge in [0.1, 0.15) is 5.75 Å². The highest BCUT2D eigenvalue weighted by Gasteiger charge is 2.40. The third-order valence-electron chi connectivity index (χ3n) is 5.98. The molecule has 1 saturated heterocycles. The van der Waals surface area contributed by atoms with E-state index >= 15 is 0 Å². The molecule has 0 bridgehead atoms. The summed E-state index contributed by atoms with van der Waals surface area (Å²) < 4.78 is 23.3. The Morgan fingerprint density at radius 2 is 1.79 bits per heavy atom. The minimum Gasteiger partial charge on any atom is -0.497 e. The monoisotopic (exact) mass is 396 g/mol. The molecule has 0 saturated carbocycles. The van der Waals surface area contributed by atoms with Gasteiger partial charge >= 0.3 is 0 Å². The highest BCUT2D eigenvalue weighted by molar-refractivity contribution is 5.28. The predicted octanol–water partition coefficient (Wildman–Crippen LogP) is 3.02. The molecule has 6 nitrogen and oxygen atoms in total. The van der Waals surface area contributed by atoms with Gasteiger partial charge in [-0.2, -0.15) is 0 Å². The van der Waals surface area contributed by atoms with Crippen molar-refractivity contribution in [3.63, 3.8) is 0 Å². The molecular weight excluding hydrogens is 360 g/mol. The van der Waals surface area contributed by atoms with Gasteiger partial charge < -0.3 is 29.2 Å². The molecule has 1 aliphatic heterocycles. The summed E-state index contributed by atoms with van der Waals surface area (Å²) in [6, 6.07) is 7.69. The van der Waals surface area contributed by atoms with Gasteiger partial charge in [-0.15, -0.1) is 0 Å². The van der Waals surface area contributed by atoms with Crippen molar-refractivity contribution in [3.8, 4) is 5.75 Å². The van der Waals surface area contributed by atoms with E-state index in [-0.39, 0.29) is 42.5 Å². The van der Waals surface area contributed by atoms with Crippen molar-refractivity contribution in [3.05, 3.63) is 29.8 Å². The van der Waals surface area contributed by atoms with Crippen molar-refractivity contribution in [1.82, 2.24) is 0 Å². The first-order valence-corrected chi connectivity index (χ1v) is 10.1. The average molecular weight is 397 g/mol. The molecule has 1 fully saturated rings. The summed E-state index contributed by atoms with van der Waals surface area (Å²) in [6.07, 6.45) is -1.37. The lowest BCUT2D eigenvalue weighted by molar-refractivity contribution is -0.259. The van der Waals surface area contributed by atoms with Crippen LogP contribution in [0.1, 0.15) is 39.5 Å². The number of benzene rings is 1. The molecule has 0 aliphatic carbocycles. The molecule has 1 aliphatic rings. The summed E-state index contributed by atoms with van der Waals surface area (Å²) in [7, 11) is 3.30. The van der Waals surface area contributed by atoms with Gasteiger partial charge in [0, 0.05) is 43.0 Å². The Hall–Kier alpha value is -1.18. The molecule has 0 spiro atoms. The first kappa shape index (κ1) is 23.1. The normalized spacial score (nSPS) is 28.2. The number of aliphatic hydroxyl groups excluding tert-OH is 2. The predicted molar refractivity (Wildman–Crippen MR) is 107 cm³/mol. The van der Waals surface area contributed by atoms with Crippen LogP contribution in [0.5, 0.6) is 5.75 Å². The molecule has 6 heteroatoms. The van der Waals surface area contributed by atoms with Gasteiger partial charge in [-0.05, 0) is 12.1 Å². The van der Waals surface area contributed by atoms with Crippen molar-refractivity contribution in [2.45, 2.75) is 52.3 Å². The SMILES string of the molecule is COc1ccc([C@@H]2OC[C@@H](C)[C@H]([C@H](C)[C@H](OC)[C@H](C)[C@@H](O)[C@@H](C)CO)O2)cc1. The van der Waals surface area contributed by atoms with Gasteiger partial charge in [0.15, 0.2) is 6.29 Å². The number of hydrogen-bond donors (Lipinski definition) is 2. The van der Waals surface area contributed by atoms with Gasteiger partial charge in [0.05, 0.1) is 32.0 Å². The lowest BCUT2D eigenvalue weighted by Crippen LogP contribution is -2.48. The van der Waals surface area contributed by atoms with Gasteiger partial charge in [-0.25, -0.2) is 0 Å². The summed E-state index contributed by atoms with van der Waals surface area (Å²) in [6.45, 7) is 8.54. The second kappa shape index (κ2) is 10.6. The lowest BCUT2D eigenvalue weighted by atomic mass is 9.79. The minimum absolute atomic E-state index is 0.0418.